The van der Waals surface area contributed by atoms with Crippen LogP contribution in [0.3, 0.4) is 0 Å². The molecule has 88 valence electrons. The van der Waals surface area contributed by atoms with Crippen LogP contribution in [0.25, 0.3) is 0 Å². The van der Waals surface area contributed by atoms with Crippen LogP contribution in [0.1, 0.15) is 12.5 Å². The Kier molecular flexibility index (Phi) is 3.24. The first-order valence-corrected chi connectivity index (χ1v) is 5.56. The summed E-state index contributed by atoms with van der Waals surface area (Å²) >= 11 is 0. The topological polar surface area (TPSA) is 50.3 Å². The van der Waals surface area contributed by atoms with Gasteiger partial charge in [0.05, 0.1) is 12.7 Å². The van der Waals surface area contributed by atoms with Crippen molar-refractivity contribution in [2.75, 3.05) is 31.6 Å². The molecule has 16 heavy (non-hydrogen) atoms. The molecule has 0 unspecified atom stereocenters. The molecule has 1 N–H and O–H groups in total. The van der Waals surface area contributed by atoms with Crippen molar-refractivity contribution in [3.8, 4) is 5.88 Å². The van der Waals surface area contributed by atoms with Gasteiger partial charge in [-0.3, -0.25) is 0 Å². The molecule has 0 spiro atoms. The summed E-state index contributed by atoms with van der Waals surface area (Å²) in [4.78, 5) is 10.7. The van der Waals surface area contributed by atoms with Crippen LogP contribution in [0.2, 0.25) is 0 Å². The van der Waals surface area contributed by atoms with E-state index in [9.17, 15) is 0 Å². The maximum atomic E-state index is 5.21. The van der Waals surface area contributed by atoms with E-state index in [4.69, 9.17) is 4.74 Å². The minimum Gasteiger partial charge on any atom is -0.481 e. The number of ether oxygens (including phenoxy) is 1. The van der Waals surface area contributed by atoms with Crippen molar-refractivity contribution in [2.24, 2.45) is 0 Å². The number of hydrogen-bond donors (Lipinski definition) is 1. The highest BCUT2D eigenvalue weighted by atomic mass is 16.5. The summed E-state index contributed by atoms with van der Waals surface area (Å²) in [5.74, 6) is 1.65. The van der Waals surface area contributed by atoms with Crippen molar-refractivity contribution >= 4 is 5.82 Å². The number of hydrogen-bond acceptors (Lipinski definition) is 5. The zero-order valence-electron chi connectivity index (χ0n) is 10.0. The van der Waals surface area contributed by atoms with Gasteiger partial charge in [-0.1, -0.05) is 0 Å². The highest BCUT2D eigenvalue weighted by Crippen LogP contribution is 2.24. The number of anilines is 1. The normalized spacial score (nSPS) is 20.9. The standard InChI is InChI=1S/C11H18N4O/c1-8-6-15(5-4-12-8)10-9(2)11(16-3)14-7-13-10/h7-8,12H,4-6H2,1-3H3/t8-/m0/s1. The van der Waals surface area contributed by atoms with Crippen molar-refractivity contribution in [1.82, 2.24) is 15.3 Å². The lowest BCUT2D eigenvalue weighted by Crippen LogP contribution is -2.49. The lowest BCUT2D eigenvalue weighted by molar-refractivity contribution is 0.392. The van der Waals surface area contributed by atoms with Crippen LogP contribution in [0.4, 0.5) is 5.82 Å². The molecule has 0 saturated carbocycles. The fourth-order valence-corrected chi connectivity index (χ4v) is 2.07. The molecule has 2 rings (SSSR count). The average Bonchev–Trinajstić information content (AvgIpc) is 2.29. The minimum absolute atomic E-state index is 0.495. The maximum Gasteiger partial charge on any atom is 0.221 e. The van der Waals surface area contributed by atoms with Gasteiger partial charge in [-0.2, -0.15) is 0 Å². The molecule has 1 aromatic heterocycles. The third-order valence-corrected chi connectivity index (χ3v) is 2.87. The van der Waals surface area contributed by atoms with Crippen LogP contribution in [-0.4, -0.2) is 42.8 Å². The Labute approximate surface area is 95.8 Å². The molecule has 2 heterocycles. The van der Waals surface area contributed by atoms with Gasteiger partial charge in [-0.05, 0) is 13.8 Å². The van der Waals surface area contributed by atoms with Crippen LogP contribution < -0.4 is 15.0 Å². The molecular formula is C11H18N4O. The minimum atomic E-state index is 0.495. The highest BCUT2D eigenvalue weighted by Gasteiger charge is 2.20. The van der Waals surface area contributed by atoms with Crippen molar-refractivity contribution in [2.45, 2.75) is 19.9 Å². The molecule has 1 aliphatic heterocycles. The molecule has 0 aromatic carbocycles. The number of nitrogens with one attached hydrogen (secondary N) is 1. The van der Waals surface area contributed by atoms with Crippen LogP contribution in [0.15, 0.2) is 6.33 Å². The van der Waals surface area contributed by atoms with Gasteiger partial charge < -0.3 is 15.0 Å². The van der Waals surface area contributed by atoms with E-state index in [2.05, 4.69) is 27.1 Å². The summed E-state index contributed by atoms with van der Waals surface area (Å²) in [6, 6.07) is 0.495. The quantitative estimate of drug-likeness (QED) is 0.793. The van der Waals surface area contributed by atoms with Gasteiger partial charge in [0.25, 0.3) is 0 Å². The lowest BCUT2D eigenvalue weighted by Gasteiger charge is -2.33. The Morgan fingerprint density at radius 2 is 2.31 bits per heavy atom. The van der Waals surface area contributed by atoms with Gasteiger partial charge in [0.2, 0.25) is 5.88 Å². The van der Waals surface area contributed by atoms with Gasteiger partial charge in [0, 0.05) is 25.7 Å². The molecule has 0 radical (unpaired) electrons. The average molecular weight is 222 g/mol. The fourth-order valence-electron chi connectivity index (χ4n) is 2.07. The summed E-state index contributed by atoms with van der Waals surface area (Å²) in [7, 11) is 1.64. The predicted octanol–water partition coefficient (Wildman–Crippen LogP) is 0.592. The Hall–Kier alpha value is -1.36. The van der Waals surface area contributed by atoms with E-state index in [0.29, 0.717) is 11.9 Å². The molecule has 0 bridgehead atoms. The van der Waals surface area contributed by atoms with E-state index in [1.165, 1.54) is 0 Å². The highest BCUT2D eigenvalue weighted by molar-refractivity contribution is 5.50. The lowest BCUT2D eigenvalue weighted by atomic mass is 10.2. The van der Waals surface area contributed by atoms with Crippen molar-refractivity contribution in [3.63, 3.8) is 0 Å². The molecule has 1 atom stereocenters. The SMILES string of the molecule is COc1ncnc(N2CCN[C@@H](C)C2)c1C. The molecule has 1 fully saturated rings. The van der Waals surface area contributed by atoms with Crippen molar-refractivity contribution < 1.29 is 4.74 Å². The van der Waals surface area contributed by atoms with Crippen LogP contribution >= 0.6 is 0 Å². The Morgan fingerprint density at radius 3 is 3.00 bits per heavy atom. The summed E-state index contributed by atoms with van der Waals surface area (Å²) in [6.07, 6.45) is 1.56. The van der Waals surface area contributed by atoms with Crippen molar-refractivity contribution in [3.05, 3.63) is 11.9 Å². The smallest absolute Gasteiger partial charge is 0.221 e. The Balaban J connectivity index is 2.25. The second-order valence-electron chi connectivity index (χ2n) is 4.13. The van der Waals surface area contributed by atoms with E-state index >= 15 is 0 Å². The summed E-state index contributed by atoms with van der Waals surface area (Å²) in [6.45, 7) is 7.13. The molecule has 1 aromatic rings. The zero-order chi connectivity index (χ0) is 11.5. The number of methoxy groups -OCH3 is 1. The summed E-state index contributed by atoms with van der Waals surface area (Å²) < 4.78 is 5.21. The van der Waals surface area contributed by atoms with Gasteiger partial charge >= 0.3 is 0 Å². The third kappa shape index (κ3) is 2.09. The second-order valence-corrected chi connectivity index (χ2v) is 4.13. The molecule has 0 amide bonds. The molecule has 0 aliphatic carbocycles. The first-order valence-electron chi connectivity index (χ1n) is 5.56. The van der Waals surface area contributed by atoms with Gasteiger partial charge in [0.15, 0.2) is 0 Å². The van der Waals surface area contributed by atoms with E-state index in [1.54, 1.807) is 13.4 Å². The van der Waals surface area contributed by atoms with E-state index in [-0.39, 0.29) is 0 Å². The molecular weight excluding hydrogens is 204 g/mol. The second kappa shape index (κ2) is 4.65. The van der Waals surface area contributed by atoms with Gasteiger partial charge in [-0.15, -0.1) is 0 Å². The Bertz CT molecular complexity index is 369. The molecule has 5 heteroatoms. The van der Waals surface area contributed by atoms with E-state index < -0.39 is 0 Å². The Morgan fingerprint density at radius 1 is 1.50 bits per heavy atom. The monoisotopic (exact) mass is 222 g/mol. The molecule has 1 saturated heterocycles. The zero-order valence-corrected chi connectivity index (χ0v) is 10.0. The number of aromatic nitrogens is 2. The molecule has 1 aliphatic rings. The first-order chi connectivity index (χ1) is 7.72. The van der Waals surface area contributed by atoms with Crippen LogP contribution in [0.5, 0.6) is 5.88 Å². The fraction of sp³-hybridized carbons (Fsp3) is 0.636. The van der Waals surface area contributed by atoms with Crippen molar-refractivity contribution in [1.29, 1.82) is 0 Å². The van der Waals surface area contributed by atoms with Crippen LogP contribution in [0, 0.1) is 6.92 Å². The van der Waals surface area contributed by atoms with Gasteiger partial charge in [0.1, 0.15) is 12.1 Å². The van der Waals surface area contributed by atoms with E-state index in [0.717, 1.165) is 31.0 Å². The summed E-state index contributed by atoms with van der Waals surface area (Å²) in [5.41, 5.74) is 1.01. The van der Waals surface area contributed by atoms with E-state index in [1.807, 2.05) is 6.92 Å². The maximum absolute atomic E-state index is 5.21. The number of rotatable bonds is 2. The summed E-state index contributed by atoms with van der Waals surface area (Å²) in [5, 5.41) is 3.41. The predicted molar refractivity (Wildman–Crippen MR) is 63.0 cm³/mol. The van der Waals surface area contributed by atoms with Crippen LogP contribution in [-0.2, 0) is 0 Å². The number of piperazine rings is 1. The van der Waals surface area contributed by atoms with Gasteiger partial charge in [-0.25, -0.2) is 9.97 Å². The number of nitrogens with zero attached hydrogens (tertiary/aromatic N) is 3. The largest absolute Gasteiger partial charge is 0.481 e. The third-order valence-electron chi connectivity index (χ3n) is 2.87. The first kappa shape index (κ1) is 11.1. The molecule has 5 nitrogen and oxygen atoms in total.